The van der Waals surface area contributed by atoms with Gasteiger partial charge < -0.3 is 15.4 Å². The molecule has 2 N–H and O–H groups in total. The van der Waals surface area contributed by atoms with Gasteiger partial charge in [-0.3, -0.25) is 9.59 Å². The van der Waals surface area contributed by atoms with Crippen molar-refractivity contribution in [1.29, 1.82) is 0 Å². The summed E-state index contributed by atoms with van der Waals surface area (Å²) in [7, 11) is 1.63. The van der Waals surface area contributed by atoms with Crippen molar-refractivity contribution in [3.05, 3.63) is 65.7 Å². The first-order valence-corrected chi connectivity index (χ1v) is 9.49. The number of methoxy groups -OCH3 is 1. The Morgan fingerprint density at radius 3 is 2.21 bits per heavy atom. The number of hydrogen-bond acceptors (Lipinski definition) is 3. The fourth-order valence-corrected chi connectivity index (χ4v) is 2.97. The van der Waals surface area contributed by atoms with Crippen molar-refractivity contribution in [2.24, 2.45) is 5.41 Å². The summed E-state index contributed by atoms with van der Waals surface area (Å²) in [6.45, 7) is 8.25. The predicted octanol–water partition coefficient (Wildman–Crippen LogP) is 4.63. The third-order valence-electron chi connectivity index (χ3n) is 4.50. The van der Waals surface area contributed by atoms with Gasteiger partial charge >= 0.3 is 11.8 Å². The van der Waals surface area contributed by atoms with Crippen LogP contribution in [0.25, 0.3) is 0 Å². The van der Waals surface area contributed by atoms with E-state index in [0.29, 0.717) is 5.69 Å². The molecular formula is C23H30N2O3. The van der Waals surface area contributed by atoms with Crippen molar-refractivity contribution in [3.63, 3.8) is 0 Å². The fraction of sp³-hybridized carbons (Fsp3) is 0.391. The molecule has 2 amide bonds. The van der Waals surface area contributed by atoms with Gasteiger partial charge in [-0.15, -0.1) is 0 Å². The van der Waals surface area contributed by atoms with Crippen molar-refractivity contribution in [3.8, 4) is 0 Å². The molecule has 0 spiro atoms. The Kier molecular flexibility index (Phi) is 7.35. The van der Waals surface area contributed by atoms with Gasteiger partial charge in [-0.05, 0) is 42.0 Å². The number of benzene rings is 2. The minimum atomic E-state index is -0.683. The van der Waals surface area contributed by atoms with E-state index in [9.17, 15) is 9.59 Å². The van der Waals surface area contributed by atoms with Crippen LogP contribution >= 0.6 is 0 Å². The van der Waals surface area contributed by atoms with Crippen LogP contribution in [0.1, 0.15) is 57.4 Å². The molecule has 0 aromatic heterocycles. The molecule has 28 heavy (non-hydrogen) atoms. The summed E-state index contributed by atoms with van der Waals surface area (Å²) < 4.78 is 5.30. The number of hydrogen-bond donors (Lipinski definition) is 2. The highest BCUT2D eigenvalue weighted by Crippen LogP contribution is 2.29. The minimum Gasteiger partial charge on any atom is -0.377 e. The maximum Gasteiger partial charge on any atom is 0.313 e. The molecule has 5 heteroatoms. The highest BCUT2D eigenvalue weighted by atomic mass is 16.5. The summed E-state index contributed by atoms with van der Waals surface area (Å²) in [5.74, 6) is -1.33. The van der Waals surface area contributed by atoms with Crippen molar-refractivity contribution in [1.82, 2.24) is 5.32 Å². The second-order valence-corrected chi connectivity index (χ2v) is 8.16. The fourth-order valence-electron chi connectivity index (χ4n) is 2.97. The normalized spacial score (nSPS) is 13.5. The van der Waals surface area contributed by atoms with Crippen LogP contribution in [0, 0.1) is 5.41 Å². The molecule has 0 heterocycles. The largest absolute Gasteiger partial charge is 0.377 e. The Morgan fingerprint density at radius 2 is 1.61 bits per heavy atom. The lowest BCUT2D eigenvalue weighted by molar-refractivity contribution is -0.136. The smallest absolute Gasteiger partial charge is 0.313 e. The van der Waals surface area contributed by atoms with Crippen molar-refractivity contribution >= 4 is 17.5 Å². The Morgan fingerprint density at radius 1 is 0.964 bits per heavy atom. The molecule has 0 fully saturated rings. The van der Waals surface area contributed by atoms with Gasteiger partial charge in [-0.25, -0.2) is 0 Å². The Balaban J connectivity index is 2.09. The summed E-state index contributed by atoms with van der Waals surface area (Å²) in [5.41, 5.74) is 2.47. The first-order valence-electron chi connectivity index (χ1n) is 9.49. The van der Waals surface area contributed by atoms with Crippen LogP contribution < -0.4 is 10.6 Å². The lowest BCUT2D eigenvalue weighted by Gasteiger charge is -2.27. The Labute approximate surface area is 167 Å². The maximum absolute atomic E-state index is 12.5. The second kappa shape index (κ2) is 9.51. The van der Waals surface area contributed by atoms with E-state index >= 15 is 0 Å². The molecule has 0 bridgehead atoms. The zero-order valence-corrected chi connectivity index (χ0v) is 17.3. The van der Waals surface area contributed by atoms with E-state index in [-0.39, 0.29) is 17.6 Å². The number of carbonyl (C=O) groups excluding carboxylic acids is 2. The van der Waals surface area contributed by atoms with E-state index in [1.165, 1.54) is 0 Å². The zero-order chi connectivity index (χ0) is 20.7. The molecule has 0 aliphatic heterocycles. The predicted molar refractivity (Wildman–Crippen MR) is 112 cm³/mol. The van der Waals surface area contributed by atoms with Crippen LogP contribution in [0.3, 0.4) is 0 Å². The second-order valence-electron chi connectivity index (χ2n) is 8.16. The molecule has 150 valence electrons. The minimum absolute atomic E-state index is 0.00507. The van der Waals surface area contributed by atoms with Crippen LogP contribution in [0.2, 0.25) is 0 Å². The molecule has 0 aliphatic carbocycles. The highest BCUT2D eigenvalue weighted by molar-refractivity contribution is 6.39. The average Bonchev–Trinajstić information content (AvgIpc) is 2.66. The van der Waals surface area contributed by atoms with E-state index in [1.54, 1.807) is 13.2 Å². The molecule has 5 nitrogen and oxygen atoms in total. The van der Waals surface area contributed by atoms with Crippen LogP contribution in [-0.4, -0.2) is 18.9 Å². The third kappa shape index (κ3) is 6.50. The lowest BCUT2D eigenvalue weighted by atomic mass is 9.85. The molecule has 0 saturated heterocycles. The molecule has 0 aliphatic rings. The van der Waals surface area contributed by atoms with E-state index in [0.717, 1.165) is 17.5 Å². The van der Waals surface area contributed by atoms with Gasteiger partial charge in [0.2, 0.25) is 0 Å². The van der Waals surface area contributed by atoms with Gasteiger partial charge in [-0.1, -0.05) is 63.2 Å². The Hall–Kier alpha value is -2.66. The topological polar surface area (TPSA) is 67.4 Å². The van der Waals surface area contributed by atoms with Gasteiger partial charge in [0.05, 0.1) is 12.1 Å². The van der Waals surface area contributed by atoms with Gasteiger partial charge in [0.25, 0.3) is 0 Å². The summed E-state index contributed by atoms with van der Waals surface area (Å²) >= 11 is 0. The summed E-state index contributed by atoms with van der Waals surface area (Å²) in [6, 6.07) is 16.8. The Bertz CT molecular complexity index is 797. The first kappa shape index (κ1) is 21.6. The monoisotopic (exact) mass is 382 g/mol. The molecule has 2 aromatic rings. The van der Waals surface area contributed by atoms with Crippen molar-refractivity contribution in [2.75, 3.05) is 12.4 Å². The molecular weight excluding hydrogens is 352 g/mol. The van der Waals surface area contributed by atoms with Gasteiger partial charge in [-0.2, -0.15) is 0 Å². The molecule has 2 unspecified atom stereocenters. The summed E-state index contributed by atoms with van der Waals surface area (Å²) in [5, 5.41) is 5.56. The molecule has 0 saturated carbocycles. The van der Waals surface area contributed by atoms with E-state index in [1.807, 2.05) is 55.5 Å². The SMILES string of the molecule is COC(C)c1cccc(NC(=O)C(=O)NC(CC(C)(C)C)c2ccccc2)c1. The van der Waals surface area contributed by atoms with Crippen LogP contribution in [0.5, 0.6) is 0 Å². The molecule has 0 radical (unpaired) electrons. The number of rotatable bonds is 6. The van der Waals surface area contributed by atoms with Crippen LogP contribution in [-0.2, 0) is 14.3 Å². The summed E-state index contributed by atoms with van der Waals surface area (Å²) in [6.07, 6.45) is 0.622. The van der Waals surface area contributed by atoms with Gasteiger partial charge in [0, 0.05) is 12.8 Å². The van der Waals surface area contributed by atoms with Gasteiger partial charge in [0.15, 0.2) is 0 Å². The standard InChI is InChI=1S/C23H30N2O3/c1-16(28-5)18-12-9-13-19(14-18)24-21(26)22(27)25-20(15-23(2,3)4)17-10-7-6-8-11-17/h6-14,16,20H,15H2,1-5H3,(H,24,26)(H,25,27). The zero-order valence-electron chi connectivity index (χ0n) is 17.3. The van der Waals surface area contributed by atoms with Crippen molar-refractivity contribution < 1.29 is 14.3 Å². The maximum atomic E-state index is 12.5. The van der Waals surface area contributed by atoms with Crippen LogP contribution in [0.4, 0.5) is 5.69 Å². The average molecular weight is 383 g/mol. The van der Waals surface area contributed by atoms with E-state index in [2.05, 4.69) is 31.4 Å². The van der Waals surface area contributed by atoms with Gasteiger partial charge in [0.1, 0.15) is 0 Å². The lowest BCUT2D eigenvalue weighted by Crippen LogP contribution is -2.39. The van der Waals surface area contributed by atoms with E-state index < -0.39 is 11.8 Å². The molecule has 2 rings (SSSR count). The highest BCUT2D eigenvalue weighted by Gasteiger charge is 2.24. The first-order chi connectivity index (χ1) is 13.2. The molecule has 2 atom stereocenters. The molecule has 2 aromatic carbocycles. The van der Waals surface area contributed by atoms with Crippen molar-refractivity contribution in [2.45, 2.75) is 46.3 Å². The quantitative estimate of drug-likeness (QED) is 0.716. The van der Waals surface area contributed by atoms with E-state index in [4.69, 9.17) is 4.74 Å². The summed E-state index contributed by atoms with van der Waals surface area (Å²) in [4.78, 5) is 25.0. The third-order valence-corrected chi connectivity index (χ3v) is 4.50. The number of anilines is 1. The number of ether oxygens (including phenoxy) is 1. The van der Waals surface area contributed by atoms with Crippen LogP contribution in [0.15, 0.2) is 54.6 Å². The number of carbonyl (C=O) groups is 2. The number of nitrogens with one attached hydrogen (secondary N) is 2. The number of amides is 2.